The summed E-state index contributed by atoms with van der Waals surface area (Å²) in [7, 11) is 1.27. The van der Waals surface area contributed by atoms with Crippen molar-refractivity contribution < 1.29 is 32.9 Å². The number of rotatable bonds is 77. The van der Waals surface area contributed by atoms with Gasteiger partial charge in [-0.15, -0.1) is 0 Å². The molecule has 0 aliphatic rings. The van der Waals surface area contributed by atoms with Crippen molar-refractivity contribution in [1.82, 2.24) is 5.32 Å². The molecule has 0 aromatic rings. The summed E-state index contributed by atoms with van der Waals surface area (Å²) >= 11 is 0. The van der Waals surface area contributed by atoms with Crippen LogP contribution < -0.4 is 10.2 Å². The Balaban J connectivity index is 3.93. The highest BCUT2D eigenvalue weighted by Gasteiger charge is 2.23. The molecule has 0 aromatic carbocycles. The molecule has 0 saturated carbocycles. The van der Waals surface area contributed by atoms with Crippen LogP contribution in [-0.4, -0.2) is 68.5 Å². The predicted octanol–water partition coefficient (Wildman–Crippen LogP) is 25.9. The molecular weight excluding hydrogens is 1130 g/mol. The van der Waals surface area contributed by atoms with Crippen molar-refractivity contribution in [3.8, 4) is 0 Å². The number of likely N-dealkylation sites (N-methyl/N-ethyl adjacent to an activating group) is 1. The van der Waals surface area contributed by atoms with Crippen LogP contribution in [0.4, 0.5) is 0 Å². The van der Waals surface area contributed by atoms with E-state index in [1.165, 1.54) is 379 Å². The first kappa shape index (κ1) is 89.0. The highest BCUT2D eigenvalue weighted by atomic mass is 31.2. The Labute approximate surface area is 564 Å². The second kappa shape index (κ2) is 72.3. The lowest BCUT2D eigenvalue weighted by Gasteiger charge is -2.29. The molecule has 0 heterocycles. The van der Waals surface area contributed by atoms with Gasteiger partial charge in [-0.3, -0.25) is 9.36 Å². The van der Waals surface area contributed by atoms with Crippen molar-refractivity contribution in [2.75, 3.05) is 40.9 Å². The SMILES string of the molecule is CCCCCCCCCCCCCCCCCCCCCCCCC/C=C/CC/C=C/C(O)C(COP(=O)([O-])OCC[N+](C)(C)C)NC(=O)CCCCCCCCCCCCCCCCCCCCCCCCCCCCCCCCCCCCCCCCC. The molecular formula is C81H161N2O6P. The number of hydrogen-bond donors (Lipinski definition) is 2. The number of unbranched alkanes of at least 4 members (excludes halogenated alkanes) is 62. The fourth-order valence-corrected chi connectivity index (χ4v) is 13.6. The first-order valence-electron chi connectivity index (χ1n) is 40.7. The molecule has 0 radical (unpaired) electrons. The zero-order valence-corrected chi connectivity index (χ0v) is 62.5. The topological polar surface area (TPSA) is 108 Å². The first-order chi connectivity index (χ1) is 44.0. The summed E-state index contributed by atoms with van der Waals surface area (Å²) in [5.41, 5.74) is 0. The number of carbonyl (C=O) groups excluding carboxylic acids is 1. The van der Waals surface area contributed by atoms with Gasteiger partial charge in [0, 0.05) is 6.42 Å². The van der Waals surface area contributed by atoms with Crippen LogP contribution in [0.5, 0.6) is 0 Å². The van der Waals surface area contributed by atoms with E-state index in [1.54, 1.807) is 6.08 Å². The number of allylic oxidation sites excluding steroid dienone is 3. The van der Waals surface area contributed by atoms with Crippen molar-refractivity contribution in [2.24, 2.45) is 0 Å². The minimum atomic E-state index is -4.61. The van der Waals surface area contributed by atoms with Gasteiger partial charge >= 0.3 is 0 Å². The number of aliphatic hydroxyl groups excluding tert-OH is 1. The maximum atomic E-state index is 13.1. The number of carbonyl (C=O) groups is 1. The van der Waals surface area contributed by atoms with Gasteiger partial charge in [-0.2, -0.15) is 0 Å². The summed E-state index contributed by atoms with van der Waals surface area (Å²) in [6, 6.07) is -0.903. The Kier molecular flexibility index (Phi) is 71.4. The van der Waals surface area contributed by atoms with Gasteiger partial charge in [0.25, 0.3) is 7.82 Å². The van der Waals surface area contributed by atoms with Gasteiger partial charge in [0.1, 0.15) is 13.2 Å². The molecule has 536 valence electrons. The van der Waals surface area contributed by atoms with Gasteiger partial charge in [-0.25, -0.2) is 0 Å². The maximum Gasteiger partial charge on any atom is 0.268 e. The predicted molar refractivity (Wildman–Crippen MR) is 395 cm³/mol. The zero-order valence-electron chi connectivity index (χ0n) is 61.6. The molecule has 3 unspecified atom stereocenters. The second-order valence-corrected chi connectivity index (χ2v) is 30.9. The normalized spacial score (nSPS) is 13.5. The minimum Gasteiger partial charge on any atom is -0.756 e. The molecule has 2 N–H and O–H groups in total. The van der Waals surface area contributed by atoms with E-state index in [-0.39, 0.29) is 19.1 Å². The fraction of sp³-hybridized carbons (Fsp3) is 0.938. The molecule has 0 rings (SSSR count). The minimum absolute atomic E-state index is 0.00326. The average Bonchev–Trinajstić information content (AvgIpc) is 3.71. The van der Waals surface area contributed by atoms with Crippen LogP contribution in [0.3, 0.4) is 0 Å². The number of quaternary nitrogens is 1. The molecule has 0 bridgehead atoms. The van der Waals surface area contributed by atoms with E-state index in [9.17, 15) is 19.4 Å². The van der Waals surface area contributed by atoms with Crippen molar-refractivity contribution in [1.29, 1.82) is 0 Å². The third-order valence-corrected chi connectivity index (χ3v) is 20.1. The van der Waals surface area contributed by atoms with Crippen LogP contribution in [-0.2, 0) is 18.4 Å². The van der Waals surface area contributed by atoms with Gasteiger partial charge in [-0.1, -0.05) is 423 Å². The molecule has 8 nitrogen and oxygen atoms in total. The van der Waals surface area contributed by atoms with Gasteiger partial charge < -0.3 is 28.8 Å². The van der Waals surface area contributed by atoms with Crippen LogP contribution >= 0.6 is 7.82 Å². The monoisotopic (exact) mass is 1290 g/mol. The van der Waals surface area contributed by atoms with E-state index in [0.717, 1.165) is 38.5 Å². The lowest BCUT2D eigenvalue weighted by atomic mass is 10.0. The summed E-state index contributed by atoms with van der Waals surface area (Å²) < 4.78 is 23.5. The zero-order chi connectivity index (χ0) is 65.5. The number of phosphoric acid groups is 1. The summed E-state index contributed by atoms with van der Waals surface area (Å²) in [4.78, 5) is 25.7. The summed E-state index contributed by atoms with van der Waals surface area (Å²) in [6.07, 6.45) is 96.6. The Morgan fingerprint density at radius 3 is 0.900 bits per heavy atom. The van der Waals surface area contributed by atoms with Crippen LogP contribution in [0.2, 0.25) is 0 Å². The Hall–Kier alpha value is -1.02. The number of aliphatic hydroxyl groups is 1. The number of nitrogens with zero attached hydrogens (tertiary/aromatic N) is 1. The summed E-state index contributed by atoms with van der Waals surface area (Å²) in [5, 5.41) is 14.0. The van der Waals surface area contributed by atoms with Gasteiger partial charge in [0.05, 0.1) is 39.9 Å². The molecule has 0 aromatic heterocycles. The lowest BCUT2D eigenvalue weighted by Crippen LogP contribution is -2.45. The second-order valence-electron chi connectivity index (χ2n) is 29.5. The lowest BCUT2D eigenvalue weighted by molar-refractivity contribution is -0.870. The Bertz CT molecular complexity index is 1520. The van der Waals surface area contributed by atoms with E-state index in [2.05, 4.69) is 31.3 Å². The van der Waals surface area contributed by atoms with Crippen LogP contribution in [0.25, 0.3) is 0 Å². The molecule has 0 aliphatic heterocycles. The maximum absolute atomic E-state index is 13.1. The van der Waals surface area contributed by atoms with Crippen molar-refractivity contribution >= 4 is 13.7 Å². The first-order valence-corrected chi connectivity index (χ1v) is 42.2. The number of amides is 1. The molecule has 0 aliphatic carbocycles. The number of hydrogen-bond acceptors (Lipinski definition) is 6. The highest BCUT2D eigenvalue weighted by Crippen LogP contribution is 2.38. The Morgan fingerprint density at radius 2 is 0.622 bits per heavy atom. The standard InChI is InChI=1S/C81H161N2O6P/c1-6-8-10-12-14-16-18-20-22-24-26-28-30-32-34-36-37-38-39-40-41-42-43-44-45-47-49-51-53-55-57-59-61-63-65-67-69-71-73-75-81(85)82-79(78-89-90(86,87)88-77-76-83(3,4)5)80(84)74-72-70-68-66-64-62-60-58-56-54-52-50-48-46-35-33-31-29-27-25-23-21-19-17-15-13-11-9-7-2/h64,66,72,74,79-80,84H,6-63,65,67-71,73,75-78H2,1-5H3,(H-,82,85,86,87)/b66-64+,74-72+. The summed E-state index contributed by atoms with van der Waals surface area (Å²) in [5.74, 6) is -0.196. The molecule has 3 atom stereocenters. The van der Waals surface area contributed by atoms with E-state index >= 15 is 0 Å². The third-order valence-electron chi connectivity index (χ3n) is 19.2. The van der Waals surface area contributed by atoms with Crippen LogP contribution in [0.15, 0.2) is 24.3 Å². The van der Waals surface area contributed by atoms with Crippen molar-refractivity contribution in [2.45, 2.75) is 450 Å². The van der Waals surface area contributed by atoms with Crippen LogP contribution in [0, 0.1) is 0 Å². The van der Waals surface area contributed by atoms with Crippen molar-refractivity contribution in [3.05, 3.63) is 24.3 Å². The Morgan fingerprint density at radius 1 is 0.378 bits per heavy atom. The van der Waals surface area contributed by atoms with Gasteiger partial charge in [0.2, 0.25) is 5.91 Å². The number of phosphoric ester groups is 1. The molecule has 0 spiro atoms. The van der Waals surface area contributed by atoms with E-state index in [0.29, 0.717) is 17.4 Å². The highest BCUT2D eigenvalue weighted by molar-refractivity contribution is 7.45. The third kappa shape index (κ3) is 74.4. The average molecular weight is 1290 g/mol. The van der Waals surface area contributed by atoms with Crippen LogP contribution in [0.1, 0.15) is 438 Å². The van der Waals surface area contributed by atoms with Gasteiger partial charge in [0.15, 0.2) is 0 Å². The molecule has 9 heteroatoms. The largest absolute Gasteiger partial charge is 0.756 e. The molecule has 1 amide bonds. The fourth-order valence-electron chi connectivity index (χ4n) is 12.9. The molecule has 0 saturated heterocycles. The van der Waals surface area contributed by atoms with Gasteiger partial charge in [-0.05, 0) is 32.1 Å². The summed E-state index contributed by atoms with van der Waals surface area (Å²) in [6.45, 7) is 4.71. The number of nitrogens with one attached hydrogen (secondary N) is 1. The van der Waals surface area contributed by atoms with Crippen molar-refractivity contribution in [3.63, 3.8) is 0 Å². The molecule has 90 heavy (non-hydrogen) atoms. The quantitative estimate of drug-likeness (QED) is 0.0272. The smallest absolute Gasteiger partial charge is 0.268 e. The molecule has 0 fully saturated rings. The van der Waals surface area contributed by atoms with E-state index in [4.69, 9.17) is 9.05 Å². The van der Waals surface area contributed by atoms with E-state index in [1.807, 2.05) is 27.2 Å². The van der Waals surface area contributed by atoms with E-state index < -0.39 is 20.0 Å².